The summed E-state index contributed by atoms with van der Waals surface area (Å²) >= 11 is 0. The maximum Gasteiger partial charge on any atom is 0.0839 e. The molecule has 0 saturated carbocycles. The van der Waals surface area contributed by atoms with Gasteiger partial charge >= 0.3 is 0 Å². The van der Waals surface area contributed by atoms with Crippen LogP contribution in [0.25, 0.3) is 0 Å². The maximum absolute atomic E-state index is 5.88. The van der Waals surface area contributed by atoms with Crippen LogP contribution in [0, 0.1) is 0 Å². The monoisotopic (exact) mass is 177 g/mol. The van der Waals surface area contributed by atoms with Crippen LogP contribution in [-0.2, 0) is 4.74 Å². The summed E-state index contributed by atoms with van der Waals surface area (Å²) in [7, 11) is 0. The van der Waals surface area contributed by atoms with Crippen LogP contribution in [0.4, 0.5) is 0 Å². The molecule has 1 fully saturated rings. The van der Waals surface area contributed by atoms with Crippen molar-refractivity contribution < 1.29 is 4.74 Å². The smallest absolute Gasteiger partial charge is 0.0839 e. The molecule has 2 rings (SSSR count). The van der Waals surface area contributed by atoms with Gasteiger partial charge in [0, 0.05) is 12.6 Å². The van der Waals surface area contributed by atoms with E-state index in [9.17, 15) is 0 Å². The molecule has 2 heteroatoms. The van der Waals surface area contributed by atoms with Crippen molar-refractivity contribution in [2.24, 2.45) is 5.73 Å². The SMILES string of the molecule is N[C@H]1CCO[C@H](c2ccccc2)C1. The van der Waals surface area contributed by atoms with Gasteiger partial charge in [-0.3, -0.25) is 0 Å². The molecule has 1 aromatic rings. The Morgan fingerprint density at radius 2 is 2.00 bits per heavy atom. The molecule has 0 aliphatic carbocycles. The highest BCUT2D eigenvalue weighted by atomic mass is 16.5. The van der Waals surface area contributed by atoms with Crippen molar-refractivity contribution in [2.75, 3.05) is 6.61 Å². The quantitative estimate of drug-likeness (QED) is 0.710. The Bertz CT molecular complexity index is 260. The lowest BCUT2D eigenvalue weighted by molar-refractivity contribution is 0.00668. The fourth-order valence-corrected chi connectivity index (χ4v) is 1.72. The van der Waals surface area contributed by atoms with Gasteiger partial charge in [-0.25, -0.2) is 0 Å². The number of ether oxygens (including phenoxy) is 1. The van der Waals surface area contributed by atoms with Gasteiger partial charge in [0.15, 0.2) is 0 Å². The molecule has 1 heterocycles. The second kappa shape index (κ2) is 3.90. The molecule has 1 aliphatic rings. The van der Waals surface area contributed by atoms with Crippen LogP contribution in [0.3, 0.4) is 0 Å². The van der Waals surface area contributed by atoms with Crippen LogP contribution in [0.1, 0.15) is 24.5 Å². The van der Waals surface area contributed by atoms with E-state index >= 15 is 0 Å². The van der Waals surface area contributed by atoms with Crippen molar-refractivity contribution in [3.63, 3.8) is 0 Å². The Labute approximate surface area is 78.7 Å². The minimum atomic E-state index is 0.213. The molecule has 0 unspecified atom stereocenters. The van der Waals surface area contributed by atoms with Crippen molar-refractivity contribution in [1.29, 1.82) is 0 Å². The molecule has 0 radical (unpaired) electrons. The van der Waals surface area contributed by atoms with Gasteiger partial charge in [-0.2, -0.15) is 0 Å². The fraction of sp³-hybridized carbons (Fsp3) is 0.455. The summed E-state index contributed by atoms with van der Waals surface area (Å²) in [4.78, 5) is 0. The van der Waals surface area contributed by atoms with Gasteiger partial charge in [-0.1, -0.05) is 30.3 Å². The van der Waals surface area contributed by atoms with Crippen LogP contribution in [-0.4, -0.2) is 12.6 Å². The fourth-order valence-electron chi connectivity index (χ4n) is 1.72. The molecule has 0 aromatic heterocycles. The van der Waals surface area contributed by atoms with E-state index in [1.165, 1.54) is 5.56 Å². The Morgan fingerprint density at radius 1 is 1.23 bits per heavy atom. The summed E-state index contributed by atoms with van der Waals surface area (Å²) < 4.78 is 5.65. The van der Waals surface area contributed by atoms with Crippen molar-refractivity contribution in [2.45, 2.75) is 25.0 Å². The minimum Gasteiger partial charge on any atom is -0.373 e. The first-order valence-electron chi connectivity index (χ1n) is 4.78. The van der Waals surface area contributed by atoms with Crippen LogP contribution in [0.5, 0.6) is 0 Å². The third kappa shape index (κ3) is 2.08. The average molecular weight is 177 g/mol. The van der Waals surface area contributed by atoms with E-state index in [-0.39, 0.29) is 6.10 Å². The van der Waals surface area contributed by atoms with E-state index in [0.717, 1.165) is 19.4 Å². The van der Waals surface area contributed by atoms with E-state index in [1.54, 1.807) is 0 Å². The molecule has 0 bridgehead atoms. The van der Waals surface area contributed by atoms with Crippen molar-refractivity contribution in [1.82, 2.24) is 0 Å². The Balaban J connectivity index is 2.08. The largest absolute Gasteiger partial charge is 0.373 e. The molecule has 13 heavy (non-hydrogen) atoms. The highest BCUT2D eigenvalue weighted by Crippen LogP contribution is 2.26. The van der Waals surface area contributed by atoms with E-state index in [1.807, 2.05) is 18.2 Å². The molecule has 0 amide bonds. The Hall–Kier alpha value is -0.860. The second-order valence-corrected chi connectivity index (χ2v) is 3.55. The third-order valence-corrected chi connectivity index (χ3v) is 2.50. The Kier molecular flexibility index (Phi) is 2.62. The summed E-state index contributed by atoms with van der Waals surface area (Å²) in [5, 5.41) is 0. The van der Waals surface area contributed by atoms with Gasteiger partial charge in [-0.05, 0) is 18.4 Å². The van der Waals surface area contributed by atoms with Gasteiger partial charge < -0.3 is 10.5 Å². The van der Waals surface area contributed by atoms with E-state index < -0.39 is 0 Å². The molecule has 70 valence electrons. The first-order valence-corrected chi connectivity index (χ1v) is 4.78. The number of nitrogens with two attached hydrogens (primary N) is 1. The predicted octanol–water partition coefficient (Wildman–Crippen LogP) is 1.87. The lowest BCUT2D eigenvalue weighted by Crippen LogP contribution is -2.30. The number of hydrogen-bond acceptors (Lipinski definition) is 2. The van der Waals surface area contributed by atoms with E-state index in [4.69, 9.17) is 10.5 Å². The van der Waals surface area contributed by atoms with Gasteiger partial charge in [0.2, 0.25) is 0 Å². The molecule has 0 spiro atoms. The molecular weight excluding hydrogens is 162 g/mol. The molecule has 2 atom stereocenters. The zero-order valence-corrected chi connectivity index (χ0v) is 7.65. The second-order valence-electron chi connectivity index (χ2n) is 3.55. The van der Waals surface area contributed by atoms with Gasteiger partial charge in [0.1, 0.15) is 0 Å². The van der Waals surface area contributed by atoms with E-state index in [2.05, 4.69) is 12.1 Å². The summed E-state index contributed by atoms with van der Waals surface area (Å²) in [5.74, 6) is 0. The van der Waals surface area contributed by atoms with Crippen molar-refractivity contribution >= 4 is 0 Å². The molecule has 2 N–H and O–H groups in total. The number of rotatable bonds is 1. The third-order valence-electron chi connectivity index (χ3n) is 2.50. The maximum atomic E-state index is 5.88. The first kappa shape index (κ1) is 8.73. The Morgan fingerprint density at radius 3 is 2.69 bits per heavy atom. The summed E-state index contributed by atoms with van der Waals surface area (Å²) in [6, 6.07) is 10.6. The van der Waals surface area contributed by atoms with Crippen molar-refractivity contribution in [3.8, 4) is 0 Å². The zero-order valence-electron chi connectivity index (χ0n) is 7.65. The van der Waals surface area contributed by atoms with Gasteiger partial charge in [-0.15, -0.1) is 0 Å². The zero-order chi connectivity index (χ0) is 9.10. The van der Waals surface area contributed by atoms with Gasteiger partial charge in [0.25, 0.3) is 0 Å². The van der Waals surface area contributed by atoms with Crippen LogP contribution < -0.4 is 5.73 Å². The highest BCUT2D eigenvalue weighted by molar-refractivity contribution is 5.18. The highest BCUT2D eigenvalue weighted by Gasteiger charge is 2.20. The number of benzene rings is 1. The van der Waals surface area contributed by atoms with Crippen LogP contribution in [0.15, 0.2) is 30.3 Å². The van der Waals surface area contributed by atoms with E-state index in [0.29, 0.717) is 6.04 Å². The molecule has 1 aliphatic heterocycles. The van der Waals surface area contributed by atoms with Crippen molar-refractivity contribution in [3.05, 3.63) is 35.9 Å². The standard InChI is InChI=1S/C11H15NO/c12-10-6-7-13-11(8-10)9-4-2-1-3-5-9/h1-5,10-11H,6-8,12H2/t10-,11-/m0/s1. The van der Waals surface area contributed by atoms with Crippen LogP contribution in [0.2, 0.25) is 0 Å². The normalized spacial score (nSPS) is 28.7. The van der Waals surface area contributed by atoms with Gasteiger partial charge in [0.05, 0.1) is 6.10 Å². The summed E-state index contributed by atoms with van der Waals surface area (Å²) in [5.41, 5.74) is 7.13. The predicted molar refractivity (Wildman–Crippen MR) is 52.3 cm³/mol. The molecular formula is C11H15NO. The molecule has 2 nitrogen and oxygen atoms in total. The molecule has 1 saturated heterocycles. The average Bonchev–Trinajstić information content (AvgIpc) is 2.19. The minimum absolute atomic E-state index is 0.213. The lowest BCUT2D eigenvalue weighted by Gasteiger charge is -2.27. The van der Waals surface area contributed by atoms with Crippen LogP contribution >= 0.6 is 0 Å². The summed E-state index contributed by atoms with van der Waals surface area (Å²) in [6.45, 7) is 0.792. The number of hydrogen-bond donors (Lipinski definition) is 1. The summed E-state index contributed by atoms with van der Waals surface area (Å²) in [6.07, 6.45) is 2.15. The first-order chi connectivity index (χ1) is 6.36. The topological polar surface area (TPSA) is 35.2 Å². The molecule has 1 aromatic carbocycles. The lowest BCUT2D eigenvalue weighted by atomic mass is 9.98.